The van der Waals surface area contributed by atoms with Gasteiger partial charge in [-0.15, -0.1) is 17.2 Å². The van der Waals surface area contributed by atoms with Crippen LogP contribution >= 0.6 is 0 Å². The van der Waals surface area contributed by atoms with Crippen molar-refractivity contribution in [3.63, 3.8) is 0 Å². The van der Waals surface area contributed by atoms with E-state index in [1.165, 1.54) is 79.7 Å². The number of aliphatic hydroxyl groups excluding tert-OH is 1. The SMILES string of the molecule is CC(=O)c1cc([N+](=O)[O-])ccc1Cc1ccccc1.O=C(CCc1ccccc1)c1cc([N+](=O)[O-])ccc1Cc1ccccc1.O=C(O)c1cc([N+](=O)[O-])ccc1Cc1ccccc1.O=Cc1cc([N+](=O)[O-])ccc1Cc1ccccc1.O=[C-]c1cc([N+](=O)[O-])ccc1Cc1ccccc1.O=[N+]([O-])c1ccc(Cc2ccccc2)c(C=NCc2ccccc2)c1.O=[N+]([O-])c1ccc(Cc2ccccc2)c(CO)c1.[K+].[OH-]. The summed E-state index contributed by atoms with van der Waals surface area (Å²) in [7, 11) is 0. The Balaban J connectivity index is 0.000000207. The molecule has 0 aromatic heterocycles. The number of non-ortho nitro benzene ring substituents is 7. The van der Waals surface area contributed by atoms with Crippen molar-refractivity contribution in [1.29, 1.82) is 0 Å². The maximum atomic E-state index is 12.8. The molecule has 726 valence electrons. The van der Waals surface area contributed by atoms with Crippen LogP contribution in [0.2, 0.25) is 0 Å². The van der Waals surface area contributed by atoms with Crippen LogP contribution in [-0.4, -0.2) is 86.5 Å². The maximum Gasteiger partial charge on any atom is 1.00 e. The van der Waals surface area contributed by atoms with Crippen molar-refractivity contribution in [3.8, 4) is 0 Å². The van der Waals surface area contributed by atoms with Gasteiger partial charge in [0, 0.05) is 113 Å². The van der Waals surface area contributed by atoms with Gasteiger partial charge in [-0.3, -0.25) is 90.2 Å². The molecule has 0 saturated heterocycles. The van der Waals surface area contributed by atoms with Crippen LogP contribution in [0.15, 0.2) is 405 Å². The Bertz CT molecular complexity index is 6890. The van der Waals surface area contributed by atoms with Gasteiger partial charge in [0.15, 0.2) is 17.9 Å². The second kappa shape index (κ2) is 59.3. The molecule has 31 heteroatoms. The molecular weight excluding hydrogens is 1870 g/mol. The van der Waals surface area contributed by atoms with E-state index in [9.17, 15) is 99.9 Å². The van der Waals surface area contributed by atoms with Crippen molar-refractivity contribution >= 4 is 76.1 Å². The van der Waals surface area contributed by atoms with Gasteiger partial charge in [0.25, 0.3) is 34.1 Å². The number of benzene rings is 16. The molecule has 0 bridgehead atoms. The second-order valence-corrected chi connectivity index (χ2v) is 32.1. The van der Waals surface area contributed by atoms with Crippen LogP contribution in [0.4, 0.5) is 39.8 Å². The molecule has 0 radical (unpaired) electrons. The average molecular weight is 1970 g/mol. The average Bonchev–Trinajstić information content (AvgIpc) is 0.814. The largest absolute Gasteiger partial charge is 1.00 e. The first-order valence-corrected chi connectivity index (χ1v) is 44.6. The zero-order valence-electron chi connectivity index (χ0n) is 78.7. The first-order chi connectivity index (χ1) is 69.1. The number of aldehydes is 1. The molecule has 0 saturated carbocycles. The number of aryl methyl sites for hydroxylation is 1. The Morgan fingerprint density at radius 2 is 0.559 bits per heavy atom. The second-order valence-electron chi connectivity index (χ2n) is 32.1. The number of aliphatic hydroxyl groups is 1. The summed E-state index contributed by atoms with van der Waals surface area (Å²) >= 11 is 0. The number of nitro groups is 7. The Labute approximate surface area is 876 Å². The molecule has 0 atom stereocenters. The molecule has 0 aliphatic carbocycles. The zero-order valence-corrected chi connectivity index (χ0v) is 81.8. The van der Waals surface area contributed by atoms with E-state index in [0.29, 0.717) is 98.4 Å². The molecule has 0 spiro atoms. The van der Waals surface area contributed by atoms with Gasteiger partial charge in [0.1, 0.15) is 0 Å². The van der Waals surface area contributed by atoms with Crippen LogP contribution in [0.5, 0.6) is 0 Å². The van der Waals surface area contributed by atoms with Gasteiger partial charge in [-0.1, -0.05) is 321 Å². The molecule has 0 fully saturated rings. The molecule has 0 heterocycles. The molecule has 16 aromatic carbocycles. The maximum absolute atomic E-state index is 12.8. The summed E-state index contributed by atoms with van der Waals surface area (Å²) < 4.78 is 0. The number of hydrogen-bond acceptors (Lipinski definition) is 22. The van der Waals surface area contributed by atoms with Crippen LogP contribution in [0.1, 0.15) is 160 Å². The normalized spacial score (nSPS) is 10.2. The van der Waals surface area contributed by atoms with Crippen molar-refractivity contribution in [2.75, 3.05) is 0 Å². The number of rotatable bonds is 33. The predicted octanol–water partition coefficient (Wildman–Crippen LogP) is 21.2. The number of aliphatic imine (C=N–C) groups is 1. The standard InChI is InChI=1S/C22H19NO3.C21H18N2O2.C15H13NO3.C14H11NO4.C14H13NO3.C14H11NO3.C14H10NO3.K.H2O/c24-22(14-11-17-7-3-1-4-8-17)21-16-20(23(25)26)13-12-19(21)15-18-9-5-2-6-10-18;24-23(25)21-12-11-19(13-17-7-3-1-4-8-17)20(14-21)16-22-15-18-9-5-2-6-10-18;1-11(17)15-10-14(16(18)19)8-7-13(15)9-12-5-3-2-4-6-12;16-14(17)13-9-12(15(18)19)7-6-11(13)8-10-4-2-1-3-5-10;3*16-10-13-9-14(15(17)18)7-6-12(13)8-11-4-2-1-3-5-11;;/h1-10,12-13,16H,11,14-15H2;1-12,14,16H,13,15H2;2-8,10H,9H2,1H3;1-7,9H,8H2,(H,16,17);1-7,9,16H,8,10H2;1-7,9-10H,8H2;1-7,9H,8H2;;1H2/q;;;;;;-1;+1;/p-1. The van der Waals surface area contributed by atoms with E-state index in [2.05, 4.69) is 4.99 Å². The van der Waals surface area contributed by atoms with Gasteiger partial charge in [-0.2, -0.15) is 0 Å². The van der Waals surface area contributed by atoms with Crippen molar-refractivity contribution in [2.24, 2.45) is 4.99 Å². The number of nitrogens with zero attached hydrogens (tertiary/aromatic N) is 8. The fourth-order valence-corrected chi connectivity index (χ4v) is 14.8. The third kappa shape index (κ3) is 37.0. The molecule has 0 aliphatic heterocycles. The van der Waals surface area contributed by atoms with Crippen LogP contribution in [0, 0.1) is 70.8 Å². The molecule has 0 amide bonds. The van der Waals surface area contributed by atoms with Gasteiger partial charge in [0.05, 0.1) is 54.5 Å². The number of aromatic carboxylic acids is 1. The summed E-state index contributed by atoms with van der Waals surface area (Å²) in [6.45, 7) is 1.78. The van der Waals surface area contributed by atoms with Crippen LogP contribution < -0.4 is 51.4 Å². The number of carboxylic acid groups (broad SMARTS) is 1. The zero-order chi connectivity index (χ0) is 102. The number of nitro benzene ring substituents is 7. The topological polar surface area (TPSA) is 470 Å². The van der Waals surface area contributed by atoms with Crippen LogP contribution in [0.25, 0.3) is 0 Å². The number of carboxylic acids is 1. The van der Waals surface area contributed by atoms with E-state index in [0.717, 1.165) is 95.1 Å². The number of hydrogen-bond donors (Lipinski definition) is 2. The molecule has 0 unspecified atom stereocenters. The molecule has 16 rings (SSSR count). The summed E-state index contributed by atoms with van der Waals surface area (Å²) in [4.78, 5) is 134. The number of carbonyl (C=O) groups is 4. The molecule has 30 nitrogen and oxygen atoms in total. The molecule has 16 aromatic rings. The molecular formula is C114H96KN8O22-. The summed E-state index contributed by atoms with van der Waals surface area (Å²) in [5, 5.41) is 93.9. The minimum atomic E-state index is -1.16. The Morgan fingerprint density at radius 3 is 0.890 bits per heavy atom. The first-order valence-electron chi connectivity index (χ1n) is 44.6. The summed E-state index contributed by atoms with van der Waals surface area (Å²) in [5.74, 6) is -1.38. The van der Waals surface area contributed by atoms with Crippen molar-refractivity contribution in [1.82, 2.24) is 0 Å². The number of Topliss-reactive ketones (excluding diaryl/α,β-unsaturated/α-hetero) is 2. The minimum absolute atomic E-state index is 0. The molecule has 3 N–H and O–H groups in total. The van der Waals surface area contributed by atoms with Gasteiger partial charge >= 0.3 is 57.4 Å². The van der Waals surface area contributed by atoms with Crippen LogP contribution in [0.3, 0.4) is 0 Å². The van der Waals surface area contributed by atoms with E-state index >= 15 is 0 Å². The summed E-state index contributed by atoms with van der Waals surface area (Å²) in [6, 6.07) is 119. The molecule has 145 heavy (non-hydrogen) atoms. The molecule has 0 aliphatic rings. The first kappa shape index (κ1) is 113. The fraction of sp³-hybridized carbons (Fsp3) is 0.105. The van der Waals surface area contributed by atoms with Gasteiger partial charge in [-0.25, -0.2) is 4.79 Å². The summed E-state index contributed by atoms with van der Waals surface area (Å²) in [5.41, 5.74) is 17.8. The quantitative estimate of drug-likeness (QED) is 0.00733. The smallest absolute Gasteiger partial charge is 0.870 e. The monoisotopic (exact) mass is 1970 g/mol. The van der Waals surface area contributed by atoms with E-state index in [-0.39, 0.29) is 131 Å². The van der Waals surface area contributed by atoms with Crippen molar-refractivity contribution in [3.05, 3.63) is 599 Å². The van der Waals surface area contributed by atoms with E-state index in [1.54, 1.807) is 55.0 Å². The number of ketones is 2. The Hall–Kier alpha value is -17.3. The fourth-order valence-electron chi connectivity index (χ4n) is 14.8. The number of carbonyl (C=O) groups excluding carboxylic acids is 4. The van der Waals surface area contributed by atoms with Crippen LogP contribution in [-0.2, 0) is 69.3 Å². The van der Waals surface area contributed by atoms with Crippen molar-refractivity contribution < 1.29 is 126 Å². The minimum Gasteiger partial charge on any atom is -0.870 e. The summed E-state index contributed by atoms with van der Waals surface area (Å²) in [6.07, 6.45) is 9.21. The third-order valence-electron chi connectivity index (χ3n) is 22.1. The predicted molar refractivity (Wildman–Crippen MR) is 548 cm³/mol. The van der Waals surface area contributed by atoms with E-state index in [4.69, 9.17) is 5.11 Å². The van der Waals surface area contributed by atoms with Gasteiger partial charge in [0.2, 0.25) is 5.69 Å². The Kier molecular flexibility index (Phi) is 46.2. The third-order valence-corrected chi connectivity index (χ3v) is 22.1. The van der Waals surface area contributed by atoms with Gasteiger partial charge in [-0.05, 0) is 148 Å². The van der Waals surface area contributed by atoms with E-state index in [1.807, 2.05) is 279 Å². The Morgan fingerprint density at radius 1 is 0.303 bits per heavy atom. The van der Waals surface area contributed by atoms with E-state index < -0.39 is 35.5 Å². The van der Waals surface area contributed by atoms with Gasteiger partial charge < -0.3 is 20.5 Å². The van der Waals surface area contributed by atoms with Crippen molar-refractivity contribution in [2.45, 2.75) is 77.9 Å².